The van der Waals surface area contributed by atoms with Gasteiger partial charge in [-0.15, -0.1) is 0 Å². The van der Waals surface area contributed by atoms with E-state index in [-0.39, 0.29) is 29.0 Å². The van der Waals surface area contributed by atoms with Crippen LogP contribution in [-0.2, 0) is 6.54 Å². The molecule has 6 nitrogen and oxygen atoms in total. The van der Waals surface area contributed by atoms with Gasteiger partial charge >= 0.3 is 0 Å². The second-order valence-corrected chi connectivity index (χ2v) is 5.63. The Bertz CT molecular complexity index is 826. The summed E-state index contributed by atoms with van der Waals surface area (Å²) in [6.45, 7) is 3.82. The van der Waals surface area contributed by atoms with Crippen LogP contribution in [0.3, 0.4) is 0 Å². The molecule has 0 atom stereocenters. The molecule has 126 valence electrons. The zero-order valence-corrected chi connectivity index (χ0v) is 13.8. The van der Waals surface area contributed by atoms with E-state index in [1.165, 1.54) is 19.3 Å². The Morgan fingerprint density at radius 1 is 1.38 bits per heavy atom. The van der Waals surface area contributed by atoms with Gasteiger partial charge in [0.15, 0.2) is 5.76 Å². The third-order valence-corrected chi connectivity index (χ3v) is 4.01. The fourth-order valence-corrected chi connectivity index (χ4v) is 2.66. The van der Waals surface area contributed by atoms with E-state index in [1.807, 2.05) is 6.07 Å². The average molecular weight is 328 g/mol. The smallest absolute Gasteiger partial charge is 0.271 e. The van der Waals surface area contributed by atoms with Crippen molar-refractivity contribution in [2.24, 2.45) is 0 Å². The molecule has 2 aromatic heterocycles. The van der Waals surface area contributed by atoms with E-state index >= 15 is 0 Å². The fraction of sp³-hybridized carbons (Fsp3) is 0.389. The number of hydrogen-bond donors (Lipinski definition) is 1. The van der Waals surface area contributed by atoms with E-state index in [9.17, 15) is 20.0 Å². The molecule has 1 N–H and O–H groups in total. The van der Waals surface area contributed by atoms with Crippen LogP contribution in [-0.4, -0.2) is 15.5 Å². The van der Waals surface area contributed by atoms with Crippen LogP contribution in [0, 0.1) is 18.3 Å². The molecular weight excluding hydrogens is 308 g/mol. The standard InChI is InChI=1S/C18H20N2O4/c1-3-4-5-6-9-20-17(22)13(11-19)12(2)15(18(20)23)16(21)14-8-7-10-24-14/h7-8,10,23H,3-6,9H2,1-2H3. The first kappa shape index (κ1) is 17.5. The van der Waals surface area contributed by atoms with E-state index in [1.54, 1.807) is 6.07 Å². The molecule has 0 spiro atoms. The first-order valence-electron chi connectivity index (χ1n) is 7.97. The number of aromatic hydroxyl groups is 1. The molecule has 2 aromatic rings. The van der Waals surface area contributed by atoms with E-state index in [0.717, 1.165) is 23.8 Å². The largest absolute Gasteiger partial charge is 0.494 e. The number of rotatable bonds is 7. The highest BCUT2D eigenvalue weighted by molar-refractivity contribution is 6.09. The molecule has 0 aromatic carbocycles. The Hall–Kier alpha value is -2.81. The molecule has 0 aliphatic rings. The second kappa shape index (κ2) is 7.64. The summed E-state index contributed by atoms with van der Waals surface area (Å²) in [5.74, 6) is -0.906. The number of hydrogen-bond acceptors (Lipinski definition) is 5. The normalized spacial score (nSPS) is 10.5. The van der Waals surface area contributed by atoms with Gasteiger partial charge in [0.25, 0.3) is 5.56 Å². The maximum Gasteiger partial charge on any atom is 0.271 e. The van der Waals surface area contributed by atoms with Gasteiger partial charge < -0.3 is 9.52 Å². The van der Waals surface area contributed by atoms with Crippen molar-refractivity contribution in [3.8, 4) is 11.9 Å². The quantitative estimate of drug-likeness (QED) is 0.622. The van der Waals surface area contributed by atoms with Crippen molar-refractivity contribution in [3.63, 3.8) is 0 Å². The summed E-state index contributed by atoms with van der Waals surface area (Å²) in [7, 11) is 0. The molecule has 0 saturated carbocycles. The van der Waals surface area contributed by atoms with Crippen molar-refractivity contribution in [3.05, 3.63) is 51.2 Å². The van der Waals surface area contributed by atoms with Crippen LogP contribution in [0.1, 0.15) is 59.9 Å². The van der Waals surface area contributed by atoms with Crippen molar-refractivity contribution < 1.29 is 14.3 Å². The highest BCUT2D eigenvalue weighted by atomic mass is 16.3. The van der Waals surface area contributed by atoms with Crippen LogP contribution < -0.4 is 5.56 Å². The molecular formula is C18H20N2O4. The molecule has 2 rings (SSSR count). The predicted octanol–water partition coefficient (Wildman–Crippen LogP) is 3.14. The molecule has 0 aliphatic heterocycles. The first-order chi connectivity index (χ1) is 11.5. The lowest BCUT2D eigenvalue weighted by Crippen LogP contribution is -2.26. The van der Waals surface area contributed by atoms with Crippen molar-refractivity contribution in [1.29, 1.82) is 5.26 Å². The molecule has 0 unspecified atom stereocenters. The summed E-state index contributed by atoms with van der Waals surface area (Å²) in [6, 6.07) is 4.88. The predicted molar refractivity (Wildman–Crippen MR) is 88.1 cm³/mol. The van der Waals surface area contributed by atoms with Crippen LogP contribution in [0.2, 0.25) is 0 Å². The Balaban J connectivity index is 2.53. The first-order valence-corrected chi connectivity index (χ1v) is 7.97. The highest BCUT2D eigenvalue weighted by Crippen LogP contribution is 2.25. The van der Waals surface area contributed by atoms with E-state index in [2.05, 4.69) is 6.92 Å². The number of aromatic nitrogens is 1. The zero-order valence-electron chi connectivity index (χ0n) is 13.8. The van der Waals surface area contributed by atoms with Crippen LogP contribution in [0.25, 0.3) is 0 Å². The van der Waals surface area contributed by atoms with Gasteiger partial charge in [0.1, 0.15) is 11.6 Å². The molecule has 0 fully saturated rings. The van der Waals surface area contributed by atoms with E-state index in [0.29, 0.717) is 6.42 Å². The number of ketones is 1. The molecule has 2 heterocycles. The Labute approximate surface area is 140 Å². The third-order valence-electron chi connectivity index (χ3n) is 4.01. The maximum absolute atomic E-state index is 12.6. The van der Waals surface area contributed by atoms with Gasteiger partial charge in [0.05, 0.1) is 11.8 Å². The number of carbonyl (C=O) groups excluding carboxylic acids is 1. The summed E-state index contributed by atoms with van der Waals surface area (Å²) >= 11 is 0. The Kier molecular flexibility index (Phi) is 5.59. The van der Waals surface area contributed by atoms with Crippen LogP contribution in [0.5, 0.6) is 5.88 Å². The Morgan fingerprint density at radius 2 is 2.12 bits per heavy atom. The molecule has 0 aliphatic carbocycles. The third kappa shape index (κ3) is 3.25. The minimum absolute atomic E-state index is 0.0495. The summed E-state index contributed by atoms with van der Waals surface area (Å²) in [4.78, 5) is 25.0. The summed E-state index contributed by atoms with van der Waals surface area (Å²) in [5, 5.41) is 19.8. The number of carbonyl (C=O) groups is 1. The van der Waals surface area contributed by atoms with Crippen LogP contribution in [0.4, 0.5) is 0 Å². The number of nitriles is 1. The topological polar surface area (TPSA) is 96.2 Å². The van der Waals surface area contributed by atoms with Crippen LogP contribution >= 0.6 is 0 Å². The minimum atomic E-state index is -0.569. The molecule has 0 amide bonds. The SMILES string of the molecule is CCCCCCn1c(O)c(C(=O)c2ccco2)c(C)c(C#N)c1=O. The molecule has 0 radical (unpaired) electrons. The van der Waals surface area contributed by atoms with Crippen molar-refractivity contribution in [2.45, 2.75) is 46.1 Å². The summed E-state index contributed by atoms with van der Waals surface area (Å²) < 4.78 is 6.19. The van der Waals surface area contributed by atoms with Gasteiger partial charge in [-0.2, -0.15) is 5.26 Å². The number of nitrogens with zero attached hydrogens (tertiary/aromatic N) is 2. The molecule has 6 heteroatoms. The lowest BCUT2D eigenvalue weighted by molar-refractivity contribution is 0.100. The van der Waals surface area contributed by atoms with Gasteiger partial charge in [-0.25, -0.2) is 0 Å². The second-order valence-electron chi connectivity index (χ2n) is 5.63. The van der Waals surface area contributed by atoms with Gasteiger partial charge in [0.2, 0.25) is 11.7 Å². The van der Waals surface area contributed by atoms with Crippen molar-refractivity contribution in [1.82, 2.24) is 4.57 Å². The van der Waals surface area contributed by atoms with Gasteiger partial charge in [-0.3, -0.25) is 14.2 Å². The van der Waals surface area contributed by atoms with Crippen molar-refractivity contribution >= 4 is 5.78 Å². The van der Waals surface area contributed by atoms with E-state index in [4.69, 9.17) is 4.42 Å². The summed E-state index contributed by atoms with van der Waals surface area (Å²) in [5.41, 5.74) is -0.582. The van der Waals surface area contributed by atoms with Crippen LogP contribution in [0.15, 0.2) is 27.6 Å². The van der Waals surface area contributed by atoms with Gasteiger partial charge in [-0.05, 0) is 31.0 Å². The van der Waals surface area contributed by atoms with Gasteiger partial charge in [-0.1, -0.05) is 26.2 Å². The average Bonchev–Trinajstić information content (AvgIpc) is 3.09. The Morgan fingerprint density at radius 3 is 2.71 bits per heavy atom. The van der Waals surface area contributed by atoms with Gasteiger partial charge in [0, 0.05) is 6.54 Å². The number of furan rings is 1. The fourth-order valence-electron chi connectivity index (χ4n) is 2.66. The highest BCUT2D eigenvalue weighted by Gasteiger charge is 2.25. The van der Waals surface area contributed by atoms with E-state index < -0.39 is 17.2 Å². The van der Waals surface area contributed by atoms with Crippen molar-refractivity contribution in [2.75, 3.05) is 0 Å². The molecule has 0 saturated heterocycles. The lowest BCUT2D eigenvalue weighted by atomic mass is 10.0. The maximum atomic E-state index is 12.6. The monoisotopic (exact) mass is 328 g/mol. The zero-order chi connectivity index (χ0) is 17.7. The number of pyridine rings is 1. The lowest BCUT2D eigenvalue weighted by Gasteiger charge is -2.14. The summed E-state index contributed by atoms with van der Waals surface area (Å²) in [6.07, 6.45) is 5.00. The molecule has 0 bridgehead atoms. The number of unbranched alkanes of at least 4 members (excludes halogenated alkanes) is 3. The molecule has 24 heavy (non-hydrogen) atoms. The minimum Gasteiger partial charge on any atom is -0.494 e.